The van der Waals surface area contributed by atoms with Crippen molar-refractivity contribution in [3.05, 3.63) is 35.9 Å². The minimum absolute atomic E-state index is 0.0154. The molecule has 5 unspecified atom stereocenters. The lowest BCUT2D eigenvalue weighted by Gasteiger charge is -2.34. The van der Waals surface area contributed by atoms with Gasteiger partial charge in [0.05, 0.1) is 17.8 Å². The highest BCUT2D eigenvalue weighted by Crippen LogP contribution is 2.45. The van der Waals surface area contributed by atoms with Crippen LogP contribution in [-0.4, -0.2) is 37.3 Å². The zero-order valence-corrected chi connectivity index (χ0v) is 14.9. The first-order chi connectivity index (χ1) is 10.7. The molecule has 1 aliphatic carbocycles. The molecular weight excluding hydrogens is 292 g/mol. The Morgan fingerprint density at radius 2 is 1.57 bits per heavy atom. The Morgan fingerprint density at radius 1 is 1.00 bits per heavy atom. The van der Waals surface area contributed by atoms with Crippen molar-refractivity contribution in [2.24, 2.45) is 5.92 Å². The van der Waals surface area contributed by atoms with Gasteiger partial charge in [-0.25, -0.2) is 0 Å². The van der Waals surface area contributed by atoms with E-state index in [-0.39, 0.29) is 30.3 Å². The molecule has 4 nitrogen and oxygen atoms in total. The minimum Gasteiger partial charge on any atom is -0.378 e. The van der Waals surface area contributed by atoms with Crippen LogP contribution in [0.2, 0.25) is 0 Å². The smallest absolute Gasteiger partial charge is 0.164 e. The first-order valence-electron chi connectivity index (χ1n) is 8.37. The van der Waals surface area contributed by atoms with Gasteiger partial charge in [-0.1, -0.05) is 37.3 Å². The van der Waals surface area contributed by atoms with Crippen LogP contribution < -0.4 is 0 Å². The van der Waals surface area contributed by atoms with Gasteiger partial charge in [-0.3, -0.25) is 0 Å². The molecule has 1 aliphatic heterocycles. The van der Waals surface area contributed by atoms with Crippen LogP contribution in [0.25, 0.3) is 0 Å². The van der Waals surface area contributed by atoms with Crippen molar-refractivity contribution in [2.75, 3.05) is 7.11 Å². The average molecular weight is 320 g/mol. The van der Waals surface area contributed by atoms with Gasteiger partial charge < -0.3 is 18.9 Å². The van der Waals surface area contributed by atoms with Crippen molar-refractivity contribution in [2.45, 2.75) is 70.4 Å². The predicted molar refractivity (Wildman–Crippen MR) is 88.1 cm³/mol. The summed E-state index contributed by atoms with van der Waals surface area (Å²) in [6.07, 6.45) is -0.269. The third-order valence-electron chi connectivity index (χ3n) is 5.02. The molecule has 1 saturated heterocycles. The Kier molecular flexibility index (Phi) is 4.30. The Labute approximate surface area is 139 Å². The molecule has 5 atom stereocenters. The topological polar surface area (TPSA) is 36.9 Å². The molecule has 2 fully saturated rings. The molecule has 0 aromatic heterocycles. The predicted octanol–water partition coefficient (Wildman–Crippen LogP) is 3.49. The number of hydrogen-bond donors (Lipinski definition) is 0. The molecule has 0 bridgehead atoms. The van der Waals surface area contributed by atoms with Crippen molar-refractivity contribution in [1.29, 1.82) is 0 Å². The van der Waals surface area contributed by atoms with Crippen LogP contribution in [0.1, 0.15) is 40.2 Å². The summed E-state index contributed by atoms with van der Waals surface area (Å²) in [6, 6.07) is 10.3. The normalized spacial score (nSPS) is 36.2. The van der Waals surface area contributed by atoms with Gasteiger partial charge in [0.2, 0.25) is 0 Å². The summed E-state index contributed by atoms with van der Waals surface area (Å²) in [7, 11) is 1.73. The lowest BCUT2D eigenvalue weighted by Crippen LogP contribution is -2.39. The summed E-state index contributed by atoms with van der Waals surface area (Å²) in [5, 5.41) is 0. The highest BCUT2D eigenvalue weighted by atomic mass is 16.8. The maximum Gasteiger partial charge on any atom is 0.164 e. The third-order valence-corrected chi connectivity index (χ3v) is 5.02. The Balaban J connectivity index is 1.84. The summed E-state index contributed by atoms with van der Waals surface area (Å²) < 4.78 is 24.5. The molecule has 128 valence electrons. The average Bonchev–Trinajstić information content (AvgIpc) is 2.92. The van der Waals surface area contributed by atoms with Crippen LogP contribution in [0.3, 0.4) is 0 Å². The second kappa shape index (κ2) is 5.85. The van der Waals surface area contributed by atoms with E-state index in [0.717, 1.165) is 5.56 Å². The number of rotatable bonds is 4. The van der Waals surface area contributed by atoms with Crippen LogP contribution in [0.5, 0.6) is 0 Å². The van der Waals surface area contributed by atoms with Crippen molar-refractivity contribution in [3.8, 4) is 0 Å². The van der Waals surface area contributed by atoms with Crippen molar-refractivity contribution >= 4 is 0 Å². The highest BCUT2D eigenvalue weighted by molar-refractivity contribution is 5.21. The Hall–Kier alpha value is -0.940. The molecule has 1 aromatic carbocycles. The van der Waals surface area contributed by atoms with E-state index < -0.39 is 11.4 Å². The van der Waals surface area contributed by atoms with Crippen molar-refractivity contribution in [1.82, 2.24) is 0 Å². The van der Waals surface area contributed by atoms with Crippen molar-refractivity contribution in [3.63, 3.8) is 0 Å². The lowest BCUT2D eigenvalue weighted by atomic mass is 9.96. The van der Waals surface area contributed by atoms with Gasteiger partial charge in [0.25, 0.3) is 0 Å². The summed E-state index contributed by atoms with van der Waals surface area (Å²) >= 11 is 0. The molecule has 23 heavy (non-hydrogen) atoms. The maximum absolute atomic E-state index is 6.55. The second-order valence-electron chi connectivity index (χ2n) is 7.58. The van der Waals surface area contributed by atoms with Gasteiger partial charge >= 0.3 is 0 Å². The molecule has 0 N–H and O–H groups in total. The van der Waals surface area contributed by atoms with Crippen LogP contribution in [-0.2, 0) is 24.5 Å². The van der Waals surface area contributed by atoms with Gasteiger partial charge in [0, 0.05) is 13.0 Å². The van der Waals surface area contributed by atoms with E-state index >= 15 is 0 Å². The van der Waals surface area contributed by atoms with Crippen LogP contribution in [0, 0.1) is 5.92 Å². The molecule has 1 aromatic rings. The summed E-state index contributed by atoms with van der Waals surface area (Å²) in [4.78, 5) is 0. The van der Waals surface area contributed by atoms with Gasteiger partial charge in [-0.15, -0.1) is 0 Å². The lowest BCUT2D eigenvalue weighted by molar-refractivity contribution is -0.201. The van der Waals surface area contributed by atoms with Crippen LogP contribution >= 0.6 is 0 Å². The van der Waals surface area contributed by atoms with E-state index in [2.05, 4.69) is 32.9 Å². The van der Waals surface area contributed by atoms with Gasteiger partial charge in [-0.05, 0) is 33.3 Å². The van der Waals surface area contributed by atoms with E-state index in [0.29, 0.717) is 0 Å². The van der Waals surface area contributed by atoms with Crippen molar-refractivity contribution < 1.29 is 18.9 Å². The van der Waals surface area contributed by atoms with Crippen LogP contribution in [0.15, 0.2) is 30.3 Å². The Morgan fingerprint density at radius 3 is 2.13 bits per heavy atom. The standard InChI is InChI=1S/C19H28O4/c1-12-14(20-6)16-17(23-19(4,5)22-16)15(12)21-18(2,3)13-10-8-7-9-11-13/h7-12,14-17H,1-6H3. The van der Waals surface area contributed by atoms with E-state index in [4.69, 9.17) is 18.9 Å². The number of benzene rings is 1. The van der Waals surface area contributed by atoms with Gasteiger partial charge in [0.15, 0.2) is 5.79 Å². The molecule has 2 aliphatic rings. The molecule has 1 saturated carbocycles. The fourth-order valence-corrected chi connectivity index (χ4v) is 3.88. The van der Waals surface area contributed by atoms with E-state index in [9.17, 15) is 0 Å². The fraction of sp³-hybridized carbons (Fsp3) is 0.684. The molecule has 0 spiro atoms. The summed E-state index contributed by atoms with van der Waals surface area (Å²) in [6.45, 7) is 10.2. The maximum atomic E-state index is 6.55. The van der Waals surface area contributed by atoms with Gasteiger partial charge in [-0.2, -0.15) is 0 Å². The largest absolute Gasteiger partial charge is 0.378 e. The molecule has 1 heterocycles. The fourth-order valence-electron chi connectivity index (χ4n) is 3.88. The zero-order valence-electron chi connectivity index (χ0n) is 14.9. The number of methoxy groups -OCH3 is 1. The number of fused-ring (bicyclic) bond motifs is 1. The number of hydrogen-bond acceptors (Lipinski definition) is 4. The minimum atomic E-state index is -0.593. The monoisotopic (exact) mass is 320 g/mol. The molecule has 0 radical (unpaired) electrons. The van der Waals surface area contributed by atoms with E-state index in [1.807, 2.05) is 32.0 Å². The van der Waals surface area contributed by atoms with Crippen LogP contribution in [0.4, 0.5) is 0 Å². The van der Waals surface area contributed by atoms with E-state index in [1.165, 1.54) is 0 Å². The first-order valence-corrected chi connectivity index (χ1v) is 8.37. The highest BCUT2D eigenvalue weighted by Gasteiger charge is 2.59. The zero-order chi connectivity index (χ0) is 16.8. The molecule has 4 heteroatoms. The number of ether oxygens (including phenoxy) is 4. The van der Waals surface area contributed by atoms with E-state index in [1.54, 1.807) is 7.11 Å². The summed E-state index contributed by atoms with van der Waals surface area (Å²) in [5.41, 5.74) is 0.756. The third kappa shape index (κ3) is 3.05. The van der Waals surface area contributed by atoms with Gasteiger partial charge in [0.1, 0.15) is 12.2 Å². The molecule has 0 amide bonds. The SMILES string of the molecule is COC1C(C)C(OC(C)(C)c2ccccc2)C2OC(C)(C)OC12. The molecule has 3 rings (SSSR count). The first kappa shape index (κ1) is 16.9. The summed E-state index contributed by atoms with van der Waals surface area (Å²) in [5.74, 6) is -0.390. The quantitative estimate of drug-likeness (QED) is 0.851. The molecular formula is C19H28O4. The Bertz CT molecular complexity index is 540. The second-order valence-corrected chi connectivity index (χ2v) is 7.58.